The van der Waals surface area contributed by atoms with Gasteiger partial charge in [0.05, 0.1) is 13.0 Å². The summed E-state index contributed by atoms with van der Waals surface area (Å²) < 4.78 is 5.52. The first-order valence-corrected chi connectivity index (χ1v) is 6.94. The van der Waals surface area contributed by atoms with Crippen molar-refractivity contribution in [3.8, 4) is 5.75 Å². The summed E-state index contributed by atoms with van der Waals surface area (Å²) in [5, 5.41) is 2.85. The van der Waals surface area contributed by atoms with Crippen molar-refractivity contribution in [1.29, 1.82) is 0 Å². The molecule has 2 aromatic rings. The lowest BCUT2D eigenvalue weighted by Gasteiger charge is -2.09. The molecule has 0 spiro atoms. The van der Waals surface area contributed by atoms with Crippen molar-refractivity contribution < 1.29 is 9.53 Å². The maximum atomic E-state index is 11.8. The van der Waals surface area contributed by atoms with Gasteiger partial charge >= 0.3 is 0 Å². The predicted octanol–water partition coefficient (Wildman–Crippen LogP) is 2.31. The van der Waals surface area contributed by atoms with Gasteiger partial charge in [-0.2, -0.15) is 0 Å². The Balaban J connectivity index is 1.71. The molecule has 0 atom stereocenters. The number of hydrogen-bond acceptors (Lipinski definition) is 3. The number of carbonyl (C=O) groups excluding carboxylic acids is 1. The Morgan fingerprint density at radius 2 is 2.00 bits per heavy atom. The van der Waals surface area contributed by atoms with Gasteiger partial charge in [0.1, 0.15) is 12.4 Å². The van der Waals surface area contributed by atoms with E-state index in [1.165, 1.54) is 0 Å². The summed E-state index contributed by atoms with van der Waals surface area (Å²) in [6.07, 6.45) is 0.394. The predicted molar refractivity (Wildman–Crippen MR) is 84.2 cm³/mol. The Labute approximate surface area is 124 Å². The molecule has 0 aliphatic carbocycles. The third-order valence-electron chi connectivity index (χ3n) is 3.16. The minimum atomic E-state index is 0.000440. The molecule has 21 heavy (non-hydrogen) atoms. The Bertz CT molecular complexity index is 611. The molecule has 0 radical (unpaired) electrons. The molecular weight excluding hydrogens is 264 g/mol. The van der Waals surface area contributed by atoms with Gasteiger partial charge in [0, 0.05) is 11.8 Å². The summed E-state index contributed by atoms with van der Waals surface area (Å²) in [6.45, 7) is 2.90. The molecule has 0 saturated heterocycles. The highest BCUT2D eigenvalue weighted by atomic mass is 16.5. The van der Waals surface area contributed by atoms with Gasteiger partial charge in [-0.05, 0) is 30.2 Å². The lowest BCUT2D eigenvalue weighted by atomic mass is 10.1. The number of aryl methyl sites for hydroxylation is 1. The van der Waals surface area contributed by atoms with E-state index in [1.54, 1.807) is 12.1 Å². The van der Waals surface area contributed by atoms with Crippen LogP contribution in [0.5, 0.6) is 5.75 Å². The lowest BCUT2D eigenvalue weighted by molar-refractivity contribution is -0.120. The van der Waals surface area contributed by atoms with Gasteiger partial charge in [-0.1, -0.05) is 30.3 Å². The van der Waals surface area contributed by atoms with E-state index in [0.29, 0.717) is 31.0 Å². The highest BCUT2D eigenvalue weighted by Crippen LogP contribution is 2.13. The van der Waals surface area contributed by atoms with Crippen LogP contribution in [0.1, 0.15) is 11.1 Å². The van der Waals surface area contributed by atoms with Gasteiger partial charge in [0.2, 0.25) is 5.91 Å². The summed E-state index contributed by atoms with van der Waals surface area (Å²) in [7, 11) is 0. The maximum absolute atomic E-state index is 11.8. The summed E-state index contributed by atoms with van der Waals surface area (Å²) in [5.74, 6) is 0.712. The van der Waals surface area contributed by atoms with Crippen LogP contribution < -0.4 is 15.8 Å². The Morgan fingerprint density at radius 1 is 1.19 bits per heavy atom. The van der Waals surface area contributed by atoms with Crippen LogP contribution in [0.4, 0.5) is 5.69 Å². The Hall–Kier alpha value is -2.49. The molecule has 1 amide bonds. The van der Waals surface area contributed by atoms with Crippen molar-refractivity contribution in [2.45, 2.75) is 13.3 Å². The van der Waals surface area contributed by atoms with Gasteiger partial charge in [-0.3, -0.25) is 4.79 Å². The molecule has 0 bridgehead atoms. The molecule has 2 rings (SSSR count). The van der Waals surface area contributed by atoms with Crippen molar-refractivity contribution in [1.82, 2.24) is 5.32 Å². The monoisotopic (exact) mass is 284 g/mol. The molecule has 3 N–H and O–H groups in total. The largest absolute Gasteiger partial charge is 0.492 e. The zero-order valence-corrected chi connectivity index (χ0v) is 12.1. The summed E-state index contributed by atoms with van der Waals surface area (Å²) in [6, 6.07) is 15.1. The summed E-state index contributed by atoms with van der Waals surface area (Å²) in [5.41, 5.74) is 8.50. The molecule has 0 fully saturated rings. The van der Waals surface area contributed by atoms with E-state index in [4.69, 9.17) is 10.5 Å². The topological polar surface area (TPSA) is 64.3 Å². The third kappa shape index (κ3) is 4.84. The standard InChI is InChI=1S/C17H20N2O2/c1-13-5-2-3-6-14(13)11-17(20)19-9-10-21-16-8-4-7-15(18)12-16/h2-8,12H,9-11,18H2,1H3,(H,19,20). The molecular formula is C17H20N2O2. The number of benzene rings is 2. The van der Waals surface area contributed by atoms with E-state index >= 15 is 0 Å². The fourth-order valence-corrected chi connectivity index (χ4v) is 2.01. The van der Waals surface area contributed by atoms with Gasteiger partial charge < -0.3 is 15.8 Å². The van der Waals surface area contributed by atoms with Crippen LogP contribution in [-0.4, -0.2) is 19.1 Å². The number of rotatable bonds is 6. The number of amides is 1. The molecule has 0 unspecified atom stereocenters. The molecule has 4 nitrogen and oxygen atoms in total. The number of nitrogens with one attached hydrogen (secondary N) is 1. The van der Waals surface area contributed by atoms with Crippen LogP contribution in [-0.2, 0) is 11.2 Å². The third-order valence-corrected chi connectivity index (χ3v) is 3.16. The van der Waals surface area contributed by atoms with Gasteiger partial charge in [-0.15, -0.1) is 0 Å². The number of carbonyl (C=O) groups is 1. The average molecular weight is 284 g/mol. The molecule has 0 aromatic heterocycles. The molecule has 4 heteroatoms. The van der Waals surface area contributed by atoms with Crippen molar-refractivity contribution in [3.63, 3.8) is 0 Å². The minimum absolute atomic E-state index is 0.000440. The summed E-state index contributed by atoms with van der Waals surface area (Å²) >= 11 is 0. The van der Waals surface area contributed by atoms with Crippen molar-refractivity contribution in [2.24, 2.45) is 0 Å². The van der Waals surface area contributed by atoms with Crippen LogP contribution >= 0.6 is 0 Å². The van der Waals surface area contributed by atoms with Crippen LogP contribution in [0.2, 0.25) is 0 Å². The molecule has 2 aromatic carbocycles. The van der Waals surface area contributed by atoms with E-state index < -0.39 is 0 Å². The number of nitrogen functional groups attached to an aromatic ring is 1. The van der Waals surface area contributed by atoms with Gasteiger partial charge in [-0.25, -0.2) is 0 Å². The molecule has 0 aliphatic rings. The second-order valence-corrected chi connectivity index (χ2v) is 4.87. The second kappa shape index (κ2) is 7.33. The van der Waals surface area contributed by atoms with Crippen LogP contribution in [0.15, 0.2) is 48.5 Å². The van der Waals surface area contributed by atoms with E-state index in [9.17, 15) is 4.79 Å². The first-order chi connectivity index (χ1) is 10.1. The van der Waals surface area contributed by atoms with Crippen molar-refractivity contribution in [3.05, 3.63) is 59.7 Å². The quantitative estimate of drug-likeness (QED) is 0.632. The fraction of sp³-hybridized carbons (Fsp3) is 0.235. The van der Waals surface area contributed by atoms with Crippen molar-refractivity contribution >= 4 is 11.6 Å². The first-order valence-electron chi connectivity index (χ1n) is 6.94. The van der Waals surface area contributed by atoms with E-state index in [1.807, 2.05) is 43.3 Å². The zero-order valence-electron chi connectivity index (χ0n) is 12.1. The van der Waals surface area contributed by atoms with Gasteiger partial charge in [0.25, 0.3) is 0 Å². The fourth-order valence-electron chi connectivity index (χ4n) is 2.01. The Morgan fingerprint density at radius 3 is 2.76 bits per heavy atom. The van der Waals surface area contributed by atoms with E-state index in [0.717, 1.165) is 11.1 Å². The highest BCUT2D eigenvalue weighted by Gasteiger charge is 2.04. The summed E-state index contributed by atoms with van der Waals surface area (Å²) in [4.78, 5) is 11.8. The average Bonchev–Trinajstić information content (AvgIpc) is 2.46. The minimum Gasteiger partial charge on any atom is -0.492 e. The number of hydrogen-bond donors (Lipinski definition) is 2. The normalized spacial score (nSPS) is 10.1. The first kappa shape index (κ1) is 14.9. The molecule has 0 heterocycles. The van der Waals surface area contributed by atoms with Crippen LogP contribution in [0.3, 0.4) is 0 Å². The number of nitrogens with two attached hydrogens (primary N) is 1. The van der Waals surface area contributed by atoms with E-state index in [2.05, 4.69) is 5.32 Å². The molecule has 0 aliphatic heterocycles. The highest BCUT2D eigenvalue weighted by molar-refractivity contribution is 5.78. The smallest absolute Gasteiger partial charge is 0.224 e. The van der Waals surface area contributed by atoms with Crippen molar-refractivity contribution in [2.75, 3.05) is 18.9 Å². The Kier molecular flexibility index (Phi) is 5.21. The van der Waals surface area contributed by atoms with Gasteiger partial charge in [0.15, 0.2) is 0 Å². The maximum Gasteiger partial charge on any atom is 0.224 e. The van der Waals surface area contributed by atoms with Crippen LogP contribution in [0.25, 0.3) is 0 Å². The second-order valence-electron chi connectivity index (χ2n) is 4.87. The number of anilines is 1. The SMILES string of the molecule is Cc1ccccc1CC(=O)NCCOc1cccc(N)c1. The zero-order chi connectivity index (χ0) is 15.1. The molecule has 110 valence electrons. The number of ether oxygens (including phenoxy) is 1. The molecule has 0 saturated carbocycles. The lowest BCUT2D eigenvalue weighted by Crippen LogP contribution is -2.29. The van der Waals surface area contributed by atoms with E-state index in [-0.39, 0.29) is 5.91 Å². The van der Waals surface area contributed by atoms with Crippen LogP contribution in [0, 0.1) is 6.92 Å².